The number of aliphatic carboxylic acids is 1. The Hall–Kier alpha value is -1.34. The summed E-state index contributed by atoms with van der Waals surface area (Å²) < 4.78 is 5.14. The lowest BCUT2D eigenvalue weighted by Crippen LogP contribution is -2.55. The van der Waals surface area contributed by atoms with Crippen LogP contribution in [-0.4, -0.2) is 90.8 Å². The van der Waals surface area contributed by atoms with Gasteiger partial charge in [0.15, 0.2) is 6.10 Å². The van der Waals surface area contributed by atoms with Crippen molar-refractivity contribution < 1.29 is 19.4 Å². The second-order valence-electron chi connectivity index (χ2n) is 5.57. The van der Waals surface area contributed by atoms with E-state index in [1.165, 1.54) is 0 Å². The maximum absolute atomic E-state index is 12.4. The monoisotopic (exact) mass is 285 g/mol. The normalized spacial score (nSPS) is 25.5. The van der Waals surface area contributed by atoms with Gasteiger partial charge in [0.2, 0.25) is 0 Å². The number of nitrogens with zero attached hydrogens (tertiary/aromatic N) is 3. The minimum atomic E-state index is -1.01. The molecule has 0 bridgehead atoms. The Balaban J connectivity index is 1.91. The highest BCUT2D eigenvalue weighted by Crippen LogP contribution is 2.17. The number of carbonyl (C=O) groups excluding carboxylic acids is 1. The molecule has 2 rings (SSSR count). The fourth-order valence-electron chi connectivity index (χ4n) is 2.73. The smallest absolute Gasteiger partial charge is 0.334 e. The zero-order valence-electron chi connectivity index (χ0n) is 12.1. The Morgan fingerprint density at radius 3 is 2.50 bits per heavy atom. The summed E-state index contributed by atoms with van der Waals surface area (Å²) >= 11 is 0. The second kappa shape index (κ2) is 6.41. The highest BCUT2D eigenvalue weighted by atomic mass is 16.5. The number of amides is 2. The Morgan fingerprint density at radius 1 is 1.25 bits per heavy atom. The number of morpholine rings is 1. The van der Waals surface area contributed by atoms with Crippen LogP contribution in [0.4, 0.5) is 4.79 Å². The van der Waals surface area contributed by atoms with Crippen LogP contribution in [0.25, 0.3) is 0 Å². The molecule has 7 heteroatoms. The van der Waals surface area contributed by atoms with Crippen LogP contribution < -0.4 is 0 Å². The second-order valence-corrected chi connectivity index (χ2v) is 5.57. The molecule has 2 amide bonds. The van der Waals surface area contributed by atoms with Crippen LogP contribution >= 0.6 is 0 Å². The van der Waals surface area contributed by atoms with Gasteiger partial charge in [0.05, 0.1) is 13.2 Å². The lowest BCUT2D eigenvalue weighted by molar-refractivity contribution is -0.154. The number of carbonyl (C=O) groups is 2. The van der Waals surface area contributed by atoms with Crippen molar-refractivity contribution >= 4 is 12.0 Å². The van der Waals surface area contributed by atoms with E-state index in [2.05, 4.69) is 11.9 Å². The summed E-state index contributed by atoms with van der Waals surface area (Å²) in [5, 5.41) is 8.97. The number of carboxylic acids is 1. The summed E-state index contributed by atoms with van der Waals surface area (Å²) in [5.74, 6) is -1.01. The van der Waals surface area contributed by atoms with Crippen LogP contribution in [-0.2, 0) is 9.53 Å². The molecule has 1 N–H and O–H groups in total. The van der Waals surface area contributed by atoms with Crippen molar-refractivity contribution in [2.75, 3.05) is 46.9 Å². The van der Waals surface area contributed by atoms with Crippen molar-refractivity contribution in [2.45, 2.75) is 25.0 Å². The first-order chi connectivity index (χ1) is 9.49. The van der Waals surface area contributed by atoms with Gasteiger partial charge in [-0.1, -0.05) is 0 Å². The van der Waals surface area contributed by atoms with Gasteiger partial charge in [0.25, 0.3) is 0 Å². The molecule has 1 unspecified atom stereocenters. The fraction of sp³-hybridized carbons (Fsp3) is 0.846. The first-order valence-corrected chi connectivity index (χ1v) is 7.03. The van der Waals surface area contributed by atoms with E-state index in [0.29, 0.717) is 6.54 Å². The topological polar surface area (TPSA) is 73.3 Å². The summed E-state index contributed by atoms with van der Waals surface area (Å²) in [6.45, 7) is 2.85. The SMILES string of the molecule is CN1CCC(N(C)C(=O)N2CCOC(C(=O)O)C2)CC1. The summed E-state index contributed by atoms with van der Waals surface area (Å²) in [7, 11) is 3.89. The lowest BCUT2D eigenvalue weighted by Gasteiger charge is -2.39. The fourth-order valence-corrected chi connectivity index (χ4v) is 2.73. The molecular weight excluding hydrogens is 262 g/mol. The van der Waals surface area contributed by atoms with Gasteiger partial charge < -0.3 is 24.5 Å². The Morgan fingerprint density at radius 2 is 1.90 bits per heavy atom. The first-order valence-electron chi connectivity index (χ1n) is 7.03. The number of rotatable bonds is 2. The summed E-state index contributed by atoms with van der Waals surface area (Å²) in [4.78, 5) is 29.0. The van der Waals surface area contributed by atoms with Crippen LogP contribution in [0.5, 0.6) is 0 Å². The molecule has 1 atom stereocenters. The van der Waals surface area contributed by atoms with Gasteiger partial charge in [-0.15, -0.1) is 0 Å². The third kappa shape index (κ3) is 3.40. The van der Waals surface area contributed by atoms with E-state index < -0.39 is 12.1 Å². The van der Waals surface area contributed by atoms with Crippen LogP contribution in [0.3, 0.4) is 0 Å². The average Bonchev–Trinajstić information content (AvgIpc) is 2.46. The number of ether oxygens (including phenoxy) is 1. The van der Waals surface area contributed by atoms with Crippen molar-refractivity contribution in [1.29, 1.82) is 0 Å². The maximum atomic E-state index is 12.4. The van der Waals surface area contributed by atoms with E-state index in [1.807, 2.05) is 7.05 Å². The van der Waals surface area contributed by atoms with Crippen molar-refractivity contribution in [3.8, 4) is 0 Å². The van der Waals surface area contributed by atoms with Crippen molar-refractivity contribution in [3.63, 3.8) is 0 Å². The molecule has 0 aliphatic carbocycles. The minimum Gasteiger partial charge on any atom is -0.479 e. The quantitative estimate of drug-likeness (QED) is 0.768. The highest BCUT2D eigenvalue weighted by Gasteiger charge is 2.32. The molecule has 114 valence electrons. The molecule has 0 radical (unpaired) electrons. The largest absolute Gasteiger partial charge is 0.479 e. The number of hydrogen-bond donors (Lipinski definition) is 1. The van der Waals surface area contributed by atoms with Crippen LogP contribution in [0.15, 0.2) is 0 Å². The maximum Gasteiger partial charge on any atom is 0.334 e. The van der Waals surface area contributed by atoms with E-state index in [9.17, 15) is 9.59 Å². The summed E-state index contributed by atoms with van der Waals surface area (Å²) in [5.41, 5.74) is 0. The number of carboxylic acid groups (broad SMARTS) is 1. The van der Waals surface area contributed by atoms with E-state index in [0.717, 1.165) is 25.9 Å². The molecule has 0 saturated carbocycles. The van der Waals surface area contributed by atoms with E-state index in [-0.39, 0.29) is 25.2 Å². The number of piperidine rings is 1. The van der Waals surface area contributed by atoms with Crippen molar-refractivity contribution in [2.24, 2.45) is 0 Å². The third-order valence-electron chi connectivity index (χ3n) is 4.15. The molecule has 0 aromatic heterocycles. The van der Waals surface area contributed by atoms with Gasteiger partial charge in [0, 0.05) is 19.6 Å². The van der Waals surface area contributed by atoms with E-state index >= 15 is 0 Å². The zero-order valence-corrected chi connectivity index (χ0v) is 12.1. The molecule has 2 aliphatic heterocycles. The zero-order chi connectivity index (χ0) is 14.7. The summed E-state index contributed by atoms with van der Waals surface area (Å²) in [6.07, 6.45) is 1.02. The minimum absolute atomic E-state index is 0.0888. The molecular formula is C13H23N3O4. The predicted molar refractivity (Wildman–Crippen MR) is 72.6 cm³/mol. The van der Waals surface area contributed by atoms with Crippen LogP contribution in [0, 0.1) is 0 Å². The summed E-state index contributed by atoms with van der Waals surface area (Å²) in [6, 6.07) is 0.152. The van der Waals surface area contributed by atoms with E-state index in [4.69, 9.17) is 9.84 Å². The molecule has 2 heterocycles. The van der Waals surface area contributed by atoms with E-state index in [1.54, 1.807) is 9.80 Å². The van der Waals surface area contributed by atoms with Crippen LogP contribution in [0.2, 0.25) is 0 Å². The van der Waals surface area contributed by atoms with Gasteiger partial charge in [-0.25, -0.2) is 9.59 Å². The van der Waals surface area contributed by atoms with Crippen molar-refractivity contribution in [3.05, 3.63) is 0 Å². The standard InChI is InChI=1S/C13H23N3O4/c1-14-5-3-10(4-6-14)15(2)13(19)16-7-8-20-11(9-16)12(17)18/h10-11H,3-9H2,1-2H3,(H,17,18). The van der Waals surface area contributed by atoms with Crippen LogP contribution in [0.1, 0.15) is 12.8 Å². The van der Waals surface area contributed by atoms with Gasteiger partial charge in [-0.3, -0.25) is 0 Å². The van der Waals surface area contributed by atoms with Crippen molar-refractivity contribution in [1.82, 2.24) is 14.7 Å². The number of urea groups is 1. The van der Waals surface area contributed by atoms with Gasteiger partial charge in [-0.2, -0.15) is 0 Å². The van der Waals surface area contributed by atoms with Gasteiger partial charge in [-0.05, 0) is 33.0 Å². The molecule has 0 aromatic rings. The van der Waals surface area contributed by atoms with Gasteiger partial charge in [0.1, 0.15) is 0 Å². The van der Waals surface area contributed by atoms with Gasteiger partial charge >= 0.3 is 12.0 Å². The Kier molecular flexibility index (Phi) is 4.82. The molecule has 0 aromatic carbocycles. The highest BCUT2D eigenvalue weighted by molar-refractivity contribution is 5.77. The predicted octanol–water partition coefficient (Wildman–Crippen LogP) is -0.0822. The number of hydrogen-bond acceptors (Lipinski definition) is 4. The molecule has 0 spiro atoms. The lowest BCUT2D eigenvalue weighted by atomic mass is 10.0. The molecule has 2 saturated heterocycles. The average molecular weight is 285 g/mol. The number of likely N-dealkylation sites (tertiary alicyclic amines) is 1. The Labute approximate surface area is 119 Å². The molecule has 2 aliphatic rings. The molecule has 7 nitrogen and oxygen atoms in total. The first kappa shape index (κ1) is 15.1. The third-order valence-corrected chi connectivity index (χ3v) is 4.15. The Bertz CT molecular complexity index is 369. The molecule has 2 fully saturated rings. The molecule has 20 heavy (non-hydrogen) atoms.